The van der Waals surface area contributed by atoms with Crippen LogP contribution in [0.4, 0.5) is 0 Å². The van der Waals surface area contributed by atoms with Gasteiger partial charge in [0, 0.05) is 53.9 Å². The van der Waals surface area contributed by atoms with E-state index in [0.717, 1.165) is 79.5 Å². The Labute approximate surface area is 328 Å². The third-order valence-corrected chi connectivity index (χ3v) is 13.5. The van der Waals surface area contributed by atoms with Crippen LogP contribution in [-0.2, 0) is 36.3 Å². The van der Waals surface area contributed by atoms with Crippen LogP contribution in [0.1, 0.15) is 63.8 Å². The number of phenols is 1. The predicted octanol–water partition coefficient (Wildman–Crippen LogP) is 5.30. The number of aromatic hydroxyl groups is 1. The maximum absolute atomic E-state index is 11.8. The maximum atomic E-state index is 11.8. The van der Waals surface area contributed by atoms with Crippen LogP contribution in [0.3, 0.4) is 0 Å². The molecule has 5 heterocycles. The van der Waals surface area contributed by atoms with Crippen molar-refractivity contribution in [3.8, 4) is 5.75 Å². The van der Waals surface area contributed by atoms with Crippen molar-refractivity contribution in [3.63, 3.8) is 0 Å². The minimum absolute atomic E-state index is 0.0318. The number of thiophene rings is 2. The number of H-pyrrole nitrogens is 1. The van der Waals surface area contributed by atoms with E-state index in [-0.39, 0.29) is 17.4 Å². The van der Waals surface area contributed by atoms with Crippen molar-refractivity contribution in [2.24, 2.45) is 0 Å². The lowest BCUT2D eigenvalue weighted by molar-refractivity contribution is -0.226. The highest BCUT2D eigenvalue weighted by Crippen LogP contribution is 2.42. The molecule has 54 heavy (non-hydrogen) atoms. The number of aromatic amines is 1. The van der Waals surface area contributed by atoms with Crippen LogP contribution in [0, 0.1) is 0 Å². The highest BCUT2D eigenvalue weighted by Gasteiger charge is 2.44. The van der Waals surface area contributed by atoms with Crippen molar-refractivity contribution in [1.82, 2.24) is 30.2 Å². The molecular formula is C39H43BrN6O6S2. The molecule has 1 aliphatic carbocycles. The molecule has 3 atom stereocenters. The number of ether oxygens (including phenoxy) is 1. The number of aliphatic hydroxyl groups is 3. The van der Waals surface area contributed by atoms with Crippen molar-refractivity contribution >= 4 is 60.5 Å². The molecule has 0 spiro atoms. The van der Waals surface area contributed by atoms with Gasteiger partial charge in [0.05, 0.1) is 27.0 Å². The summed E-state index contributed by atoms with van der Waals surface area (Å²) in [5.74, 6) is -0.0318. The van der Waals surface area contributed by atoms with Gasteiger partial charge in [0.2, 0.25) is 5.56 Å². The fourth-order valence-electron chi connectivity index (χ4n) is 8.04. The Bertz CT molecular complexity index is 2300. The summed E-state index contributed by atoms with van der Waals surface area (Å²) in [5.41, 5.74) is 4.84. The number of benzene rings is 2. The van der Waals surface area contributed by atoms with E-state index >= 15 is 0 Å². The number of pyridine rings is 1. The topological polar surface area (TPSA) is 169 Å². The Hall–Kier alpha value is -3.51. The molecular weight excluding hydrogens is 793 g/mol. The first kappa shape index (κ1) is 37.4. The summed E-state index contributed by atoms with van der Waals surface area (Å²) >= 11 is 6.27. The van der Waals surface area contributed by atoms with Gasteiger partial charge in [-0.05, 0) is 125 Å². The van der Waals surface area contributed by atoms with Crippen LogP contribution in [0.25, 0.3) is 21.9 Å². The summed E-state index contributed by atoms with van der Waals surface area (Å²) in [6.07, 6.45) is 3.14. The van der Waals surface area contributed by atoms with Gasteiger partial charge in [0.1, 0.15) is 11.3 Å². The zero-order valence-corrected chi connectivity index (χ0v) is 32.8. The van der Waals surface area contributed by atoms with E-state index in [4.69, 9.17) is 4.74 Å². The molecule has 0 amide bonds. The van der Waals surface area contributed by atoms with E-state index in [1.54, 1.807) is 12.1 Å². The first-order valence-electron chi connectivity index (χ1n) is 18.4. The number of aryl methyl sites for hydroxylation is 2. The number of piperidine rings is 1. The molecule has 2 aliphatic rings. The van der Waals surface area contributed by atoms with Crippen LogP contribution in [-0.4, -0.2) is 83.9 Å². The fraction of sp³-hybridized carbons (Fsp3) is 0.410. The highest BCUT2D eigenvalue weighted by atomic mass is 79.9. The summed E-state index contributed by atoms with van der Waals surface area (Å²) in [6.45, 7) is 4.24. The number of aromatic nitrogens is 4. The van der Waals surface area contributed by atoms with Gasteiger partial charge in [-0.2, -0.15) is 0 Å². The Kier molecular flexibility index (Phi) is 11.0. The molecule has 1 aliphatic heterocycles. The van der Waals surface area contributed by atoms with Crippen LogP contribution in [0.5, 0.6) is 5.75 Å². The lowest BCUT2D eigenvalue weighted by atomic mass is 9.98. The molecule has 1 fully saturated rings. The van der Waals surface area contributed by atoms with Crippen molar-refractivity contribution < 1.29 is 25.2 Å². The number of phenolic OH excluding ortho intramolecular Hbond substituents is 1. The summed E-state index contributed by atoms with van der Waals surface area (Å²) in [6, 6.07) is 15.7. The van der Waals surface area contributed by atoms with Crippen molar-refractivity contribution in [2.45, 2.75) is 75.7 Å². The van der Waals surface area contributed by atoms with Gasteiger partial charge in [-0.1, -0.05) is 17.3 Å². The highest BCUT2D eigenvalue weighted by molar-refractivity contribution is 9.11. The minimum atomic E-state index is -1.63. The SMILES string of the molecule is O=c1ccc2c([C@@H](O)CNCc3cc4nnn(CCCN5CCC(OC(O)[C@@](O)(c6cccs6)c6ccc(Br)s6)CC5)c4c4c3CCC4)ccc(O)c2[nH]1. The number of likely N-dealkylation sites (tertiary alicyclic amines) is 1. The average Bonchev–Trinajstić information content (AvgIpc) is 4.01. The van der Waals surface area contributed by atoms with E-state index in [0.29, 0.717) is 39.3 Å². The zero-order valence-electron chi connectivity index (χ0n) is 29.6. The second-order valence-electron chi connectivity index (χ2n) is 14.2. The second-order valence-corrected chi connectivity index (χ2v) is 17.6. The minimum Gasteiger partial charge on any atom is -0.506 e. The zero-order chi connectivity index (χ0) is 37.4. The molecule has 0 radical (unpaired) electrons. The number of nitrogens with one attached hydrogen (secondary N) is 2. The van der Waals surface area contributed by atoms with Gasteiger partial charge in [-0.15, -0.1) is 27.8 Å². The number of aliphatic hydroxyl groups excluding tert-OH is 2. The standard InChI is InChI=1S/C39H43BrN6O6S2/c40-34-11-10-33(54-34)39(51,32-6-2-19-53-32)38(50)52-24-13-17-45(18-14-24)15-3-16-46-37-28-5-1-4-25(28)23(20-29(37)43-44-46)21-41-22-31(48)26-7-9-30(47)36-27(26)8-12-35(49)42-36/h2,6-12,19-20,24,31,38,41,47-48,50-51H,1,3-5,13-18,21-22H2,(H,42,49)/t31-,38?,39+/m0/s1. The Morgan fingerprint density at radius 2 is 1.89 bits per heavy atom. The maximum Gasteiger partial charge on any atom is 0.248 e. The smallest absolute Gasteiger partial charge is 0.248 e. The molecule has 6 aromatic rings. The number of rotatable bonds is 14. The quantitative estimate of drug-likeness (QED) is 0.0793. The van der Waals surface area contributed by atoms with Crippen LogP contribution in [0.15, 0.2) is 68.6 Å². The van der Waals surface area contributed by atoms with Crippen molar-refractivity contribution in [1.29, 1.82) is 0 Å². The summed E-state index contributed by atoms with van der Waals surface area (Å²) in [4.78, 5) is 18.2. The Morgan fingerprint density at radius 1 is 1.06 bits per heavy atom. The Balaban J connectivity index is 0.851. The van der Waals surface area contributed by atoms with E-state index in [9.17, 15) is 25.2 Å². The summed E-state index contributed by atoms with van der Waals surface area (Å²) in [7, 11) is 0. The lowest BCUT2D eigenvalue weighted by Gasteiger charge is -2.37. The molecule has 2 aromatic carbocycles. The first-order valence-corrected chi connectivity index (χ1v) is 20.9. The van der Waals surface area contributed by atoms with Crippen molar-refractivity contribution in [2.75, 3.05) is 26.2 Å². The molecule has 6 N–H and O–H groups in total. The monoisotopic (exact) mass is 834 g/mol. The summed E-state index contributed by atoms with van der Waals surface area (Å²) in [5, 5.41) is 59.4. The largest absolute Gasteiger partial charge is 0.506 e. The van der Waals surface area contributed by atoms with Crippen molar-refractivity contribution in [3.05, 3.63) is 106 Å². The molecule has 8 rings (SSSR count). The van der Waals surface area contributed by atoms with E-state index < -0.39 is 18.0 Å². The molecule has 12 nitrogen and oxygen atoms in total. The van der Waals surface area contributed by atoms with E-state index in [1.807, 2.05) is 29.6 Å². The van der Waals surface area contributed by atoms with Gasteiger partial charge in [-0.25, -0.2) is 4.68 Å². The molecule has 1 saturated heterocycles. The van der Waals surface area contributed by atoms with Gasteiger partial charge in [0.25, 0.3) is 0 Å². The molecule has 0 bridgehead atoms. The van der Waals surface area contributed by atoms with Gasteiger partial charge in [-0.3, -0.25) is 4.79 Å². The van der Waals surface area contributed by atoms with Gasteiger partial charge < -0.3 is 40.4 Å². The number of hydrogen-bond acceptors (Lipinski definition) is 12. The third-order valence-electron chi connectivity index (χ3n) is 10.8. The number of nitrogens with zero attached hydrogens (tertiary/aromatic N) is 4. The average molecular weight is 836 g/mol. The normalized spacial score (nSPS) is 17.6. The van der Waals surface area contributed by atoms with Crippen LogP contribution < -0.4 is 10.9 Å². The van der Waals surface area contributed by atoms with E-state index in [2.05, 4.69) is 52.2 Å². The first-order chi connectivity index (χ1) is 26.2. The summed E-state index contributed by atoms with van der Waals surface area (Å²) < 4.78 is 9.09. The predicted molar refractivity (Wildman–Crippen MR) is 213 cm³/mol. The van der Waals surface area contributed by atoms with Crippen LogP contribution in [0.2, 0.25) is 0 Å². The van der Waals surface area contributed by atoms with Gasteiger partial charge >= 0.3 is 0 Å². The molecule has 0 saturated carbocycles. The van der Waals surface area contributed by atoms with E-state index in [1.165, 1.54) is 51.5 Å². The molecule has 4 aromatic heterocycles. The number of fused-ring (bicyclic) bond motifs is 4. The molecule has 284 valence electrons. The lowest BCUT2D eigenvalue weighted by Crippen LogP contribution is -2.46. The second kappa shape index (κ2) is 15.9. The number of halogens is 1. The third kappa shape index (κ3) is 7.41. The van der Waals surface area contributed by atoms with Crippen LogP contribution >= 0.6 is 38.6 Å². The van der Waals surface area contributed by atoms with Gasteiger partial charge in [0.15, 0.2) is 11.9 Å². The fourth-order valence-corrected chi connectivity index (χ4v) is 10.5. The number of hydrogen-bond donors (Lipinski definition) is 6. The molecule has 1 unspecified atom stereocenters. The molecule has 15 heteroatoms. The Morgan fingerprint density at radius 3 is 2.67 bits per heavy atom.